The first-order valence-corrected chi connectivity index (χ1v) is 9.23. The number of carbonyl (C=O) groups excluding carboxylic acids is 1. The van der Waals surface area contributed by atoms with Crippen molar-refractivity contribution in [1.82, 2.24) is 5.32 Å². The van der Waals surface area contributed by atoms with Gasteiger partial charge in [-0.15, -0.1) is 0 Å². The molecule has 0 aliphatic heterocycles. The van der Waals surface area contributed by atoms with Crippen LogP contribution < -0.4 is 5.32 Å². The van der Waals surface area contributed by atoms with Gasteiger partial charge in [-0.1, -0.05) is 54.6 Å². The van der Waals surface area contributed by atoms with E-state index in [9.17, 15) is 9.59 Å². The third-order valence-electron chi connectivity index (χ3n) is 5.32. The largest absolute Gasteiger partial charge is 0.481 e. The molecule has 0 heterocycles. The van der Waals surface area contributed by atoms with Crippen molar-refractivity contribution in [3.63, 3.8) is 0 Å². The first-order chi connectivity index (χ1) is 12.5. The van der Waals surface area contributed by atoms with E-state index in [0.717, 1.165) is 11.1 Å². The number of amides is 1. The number of rotatable bonds is 5. The summed E-state index contributed by atoms with van der Waals surface area (Å²) >= 11 is 0. The van der Waals surface area contributed by atoms with Crippen molar-refractivity contribution in [2.24, 2.45) is 11.8 Å². The molecule has 0 aromatic heterocycles. The Morgan fingerprint density at radius 1 is 0.885 bits per heavy atom. The van der Waals surface area contributed by atoms with Gasteiger partial charge in [-0.25, -0.2) is 0 Å². The predicted octanol–water partition coefficient (Wildman–Crippen LogP) is 4.42. The molecule has 0 radical (unpaired) electrons. The van der Waals surface area contributed by atoms with Gasteiger partial charge in [0.05, 0.1) is 12.0 Å². The summed E-state index contributed by atoms with van der Waals surface area (Å²) < 4.78 is 0. The van der Waals surface area contributed by atoms with Crippen molar-refractivity contribution in [1.29, 1.82) is 0 Å². The predicted molar refractivity (Wildman–Crippen MR) is 102 cm³/mol. The average Bonchev–Trinajstić information content (AvgIpc) is 2.68. The number of hydrogen-bond donors (Lipinski definition) is 2. The number of carbonyl (C=O) groups is 2. The summed E-state index contributed by atoms with van der Waals surface area (Å²) in [4.78, 5) is 23.5. The fraction of sp³-hybridized carbons (Fsp3) is 0.364. The maximum absolute atomic E-state index is 12.5. The Bertz CT molecular complexity index is 747. The lowest BCUT2D eigenvalue weighted by atomic mass is 9.81. The fourth-order valence-electron chi connectivity index (χ4n) is 3.61. The number of carboxylic acid groups (broad SMARTS) is 1. The quantitative estimate of drug-likeness (QED) is 0.838. The molecule has 2 aromatic carbocycles. The molecule has 2 aromatic rings. The SMILES string of the molecule is CC(NC(=O)C1CCC(C(=O)O)CC1)c1ccc(-c2ccccc2)cc1. The van der Waals surface area contributed by atoms with Crippen LogP contribution in [0, 0.1) is 11.8 Å². The first-order valence-electron chi connectivity index (χ1n) is 9.23. The van der Waals surface area contributed by atoms with E-state index in [2.05, 4.69) is 41.7 Å². The van der Waals surface area contributed by atoms with Crippen molar-refractivity contribution < 1.29 is 14.7 Å². The van der Waals surface area contributed by atoms with Gasteiger partial charge in [0.25, 0.3) is 0 Å². The summed E-state index contributed by atoms with van der Waals surface area (Å²) in [7, 11) is 0. The van der Waals surface area contributed by atoms with E-state index in [1.54, 1.807) is 0 Å². The maximum atomic E-state index is 12.5. The molecule has 1 unspecified atom stereocenters. The fourth-order valence-corrected chi connectivity index (χ4v) is 3.61. The van der Waals surface area contributed by atoms with Gasteiger partial charge in [-0.3, -0.25) is 9.59 Å². The molecule has 1 aliphatic carbocycles. The van der Waals surface area contributed by atoms with Gasteiger partial charge in [-0.05, 0) is 49.3 Å². The summed E-state index contributed by atoms with van der Waals surface area (Å²) in [6, 6.07) is 18.4. The summed E-state index contributed by atoms with van der Waals surface area (Å²) in [6.07, 6.45) is 2.49. The molecule has 136 valence electrons. The van der Waals surface area contributed by atoms with Gasteiger partial charge in [-0.2, -0.15) is 0 Å². The Morgan fingerprint density at radius 3 is 2.00 bits per heavy atom. The smallest absolute Gasteiger partial charge is 0.306 e. The summed E-state index contributed by atoms with van der Waals surface area (Å²) in [6.45, 7) is 1.98. The summed E-state index contributed by atoms with van der Waals surface area (Å²) in [5.41, 5.74) is 3.39. The monoisotopic (exact) mass is 351 g/mol. The van der Waals surface area contributed by atoms with E-state index >= 15 is 0 Å². The van der Waals surface area contributed by atoms with Crippen LogP contribution in [0.4, 0.5) is 0 Å². The van der Waals surface area contributed by atoms with Crippen LogP contribution in [-0.4, -0.2) is 17.0 Å². The van der Waals surface area contributed by atoms with Crippen LogP contribution in [0.15, 0.2) is 54.6 Å². The highest BCUT2D eigenvalue weighted by Crippen LogP contribution is 2.30. The second-order valence-corrected chi connectivity index (χ2v) is 7.11. The second kappa shape index (κ2) is 8.17. The third-order valence-corrected chi connectivity index (χ3v) is 5.32. The minimum atomic E-state index is -0.740. The van der Waals surface area contributed by atoms with Gasteiger partial charge in [0.15, 0.2) is 0 Å². The Hall–Kier alpha value is -2.62. The van der Waals surface area contributed by atoms with Gasteiger partial charge in [0, 0.05) is 5.92 Å². The normalized spacial score (nSPS) is 21.0. The molecule has 1 amide bonds. The number of aliphatic carboxylic acids is 1. The molecule has 4 heteroatoms. The van der Waals surface area contributed by atoms with Crippen LogP contribution >= 0.6 is 0 Å². The molecule has 2 N–H and O–H groups in total. The number of hydrogen-bond acceptors (Lipinski definition) is 2. The van der Waals surface area contributed by atoms with Crippen molar-refractivity contribution >= 4 is 11.9 Å². The maximum Gasteiger partial charge on any atom is 0.306 e. The van der Waals surface area contributed by atoms with Crippen LogP contribution in [-0.2, 0) is 9.59 Å². The molecule has 1 aliphatic rings. The van der Waals surface area contributed by atoms with Gasteiger partial charge in [0.2, 0.25) is 5.91 Å². The lowest BCUT2D eigenvalue weighted by Crippen LogP contribution is -2.35. The van der Waals surface area contributed by atoms with Crippen LogP contribution in [0.3, 0.4) is 0 Å². The van der Waals surface area contributed by atoms with E-state index < -0.39 is 5.97 Å². The van der Waals surface area contributed by atoms with Gasteiger partial charge in [0.1, 0.15) is 0 Å². The van der Waals surface area contributed by atoms with Crippen molar-refractivity contribution in [2.75, 3.05) is 0 Å². The highest BCUT2D eigenvalue weighted by Gasteiger charge is 2.30. The van der Waals surface area contributed by atoms with Crippen molar-refractivity contribution in [2.45, 2.75) is 38.6 Å². The molecule has 1 fully saturated rings. The zero-order valence-corrected chi connectivity index (χ0v) is 15.0. The van der Waals surface area contributed by atoms with Crippen LogP contribution in [0.2, 0.25) is 0 Å². The van der Waals surface area contributed by atoms with Crippen molar-refractivity contribution in [3.8, 4) is 11.1 Å². The van der Waals surface area contributed by atoms with Gasteiger partial charge < -0.3 is 10.4 Å². The highest BCUT2D eigenvalue weighted by atomic mass is 16.4. The molecular formula is C22H25NO3. The van der Waals surface area contributed by atoms with E-state index in [1.807, 2.05) is 25.1 Å². The van der Waals surface area contributed by atoms with Gasteiger partial charge >= 0.3 is 5.97 Å². The Balaban J connectivity index is 1.57. The lowest BCUT2D eigenvalue weighted by molar-refractivity contribution is -0.144. The summed E-state index contributed by atoms with van der Waals surface area (Å²) in [5, 5.41) is 12.1. The Labute approximate surface area is 154 Å². The summed E-state index contributed by atoms with van der Waals surface area (Å²) in [5.74, 6) is -1.07. The average molecular weight is 351 g/mol. The van der Waals surface area contributed by atoms with E-state index in [-0.39, 0.29) is 23.8 Å². The van der Waals surface area contributed by atoms with Crippen LogP contribution in [0.5, 0.6) is 0 Å². The standard InChI is InChI=1S/C22H25NO3/c1-15(23-21(24)19-11-13-20(14-12-19)22(25)26)16-7-9-18(10-8-16)17-5-3-2-4-6-17/h2-10,15,19-20H,11-14H2,1H3,(H,23,24)(H,25,26). The molecule has 1 atom stereocenters. The third kappa shape index (κ3) is 4.31. The molecule has 0 saturated heterocycles. The van der Waals surface area contributed by atoms with E-state index in [0.29, 0.717) is 25.7 Å². The highest BCUT2D eigenvalue weighted by molar-refractivity contribution is 5.79. The zero-order valence-electron chi connectivity index (χ0n) is 15.0. The molecule has 3 rings (SSSR count). The Kier molecular flexibility index (Phi) is 5.71. The molecule has 4 nitrogen and oxygen atoms in total. The minimum Gasteiger partial charge on any atom is -0.481 e. The van der Waals surface area contributed by atoms with Crippen LogP contribution in [0.1, 0.15) is 44.2 Å². The number of carboxylic acids is 1. The van der Waals surface area contributed by atoms with E-state index in [1.165, 1.54) is 5.56 Å². The Morgan fingerprint density at radius 2 is 1.42 bits per heavy atom. The topological polar surface area (TPSA) is 66.4 Å². The number of nitrogens with one attached hydrogen (secondary N) is 1. The zero-order chi connectivity index (χ0) is 18.5. The molecule has 1 saturated carbocycles. The number of benzene rings is 2. The molecule has 0 bridgehead atoms. The van der Waals surface area contributed by atoms with Crippen molar-refractivity contribution in [3.05, 3.63) is 60.2 Å². The molecule has 26 heavy (non-hydrogen) atoms. The minimum absolute atomic E-state index is 0.0356. The van der Waals surface area contributed by atoms with Crippen LogP contribution in [0.25, 0.3) is 11.1 Å². The first kappa shape index (κ1) is 18.2. The molecular weight excluding hydrogens is 326 g/mol. The second-order valence-electron chi connectivity index (χ2n) is 7.11. The van der Waals surface area contributed by atoms with E-state index in [4.69, 9.17) is 5.11 Å². The lowest BCUT2D eigenvalue weighted by Gasteiger charge is -2.26. The molecule has 0 spiro atoms.